The van der Waals surface area contributed by atoms with Gasteiger partial charge in [0.15, 0.2) is 0 Å². The number of benzene rings is 2. The van der Waals surface area contributed by atoms with Crippen molar-refractivity contribution >= 4 is 33.4 Å². The topological polar surface area (TPSA) is 67.4 Å². The lowest BCUT2D eigenvalue weighted by atomic mass is 10.3. The van der Waals surface area contributed by atoms with E-state index in [1.807, 2.05) is 24.3 Å². The van der Waals surface area contributed by atoms with E-state index in [9.17, 15) is 9.59 Å². The Bertz CT molecular complexity index is 669. The highest BCUT2D eigenvalue weighted by Crippen LogP contribution is 2.24. The third kappa shape index (κ3) is 6.12. The quantitative estimate of drug-likeness (QED) is 0.807. The molecule has 2 N–H and O–H groups in total. The van der Waals surface area contributed by atoms with Crippen LogP contribution in [0.25, 0.3) is 0 Å². The smallest absolute Gasteiger partial charge is 0.226 e. The molecule has 2 aromatic carbocycles. The van der Waals surface area contributed by atoms with Crippen molar-refractivity contribution in [1.29, 1.82) is 0 Å². The van der Waals surface area contributed by atoms with Gasteiger partial charge in [-0.1, -0.05) is 15.9 Å². The molecule has 5 nitrogen and oxygen atoms in total. The summed E-state index contributed by atoms with van der Waals surface area (Å²) in [7, 11) is 0. The molecule has 0 spiro atoms. The maximum Gasteiger partial charge on any atom is 0.226 e. The summed E-state index contributed by atoms with van der Waals surface area (Å²) in [5.74, 6) is 1.12. The van der Waals surface area contributed by atoms with Crippen molar-refractivity contribution < 1.29 is 14.3 Å². The predicted octanol–water partition coefficient (Wildman–Crippen LogP) is 3.71. The molecule has 2 rings (SSSR count). The molecule has 0 radical (unpaired) electrons. The molecule has 0 aliphatic heterocycles. The fraction of sp³-hybridized carbons (Fsp3) is 0.176. The van der Waals surface area contributed by atoms with Crippen molar-refractivity contribution in [2.45, 2.75) is 13.3 Å². The van der Waals surface area contributed by atoms with Gasteiger partial charge < -0.3 is 15.4 Å². The van der Waals surface area contributed by atoms with Crippen molar-refractivity contribution in [3.8, 4) is 11.5 Å². The van der Waals surface area contributed by atoms with Gasteiger partial charge in [-0.15, -0.1) is 0 Å². The summed E-state index contributed by atoms with van der Waals surface area (Å²) in [5.41, 5.74) is 0.681. The van der Waals surface area contributed by atoms with Crippen LogP contribution in [0.4, 0.5) is 5.69 Å². The molecule has 0 bridgehead atoms. The van der Waals surface area contributed by atoms with Crippen molar-refractivity contribution in [3.05, 3.63) is 53.0 Å². The van der Waals surface area contributed by atoms with Gasteiger partial charge in [0, 0.05) is 30.0 Å². The Morgan fingerprint density at radius 1 is 1.00 bits per heavy atom. The van der Waals surface area contributed by atoms with Crippen LogP contribution in [0.1, 0.15) is 13.3 Å². The lowest BCUT2D eigenvalue weighted by Gasteiger charge is -2.08. The summed E-state index contributed by atoms with van der Waals surface area (Å²) in [6.45, 7) is 1.74. The average molecular weight is 377 g/mol. The number of rotatable bonds is 6. The number of hydrogen-bond donors (Lipinski definition) is 2. The van der Waals surface area contributed by atoms with Crippen LogP contribution in [0.5, 0.6) is 11.5 Å². The molecular weight excluding hydrogens is 360 g/mol. The maximum absolute atomic E-state index is 11.7. The molecule has 0 aliphatic rings. The molecule has 0 aromatic heterocycles. The second kappa shape index (κ2) is 8.33. The Morgan fingerprint density at radius 2 is 1.57 bits per heavy atom. The number of anilines is 1. The standard InChI is InChI=1S/C17H17BrN2O3/c1-12(21)19-11-10-17(22)20-14-4-8-16(9-5-14)23-15-6-2-13(18)3-7-15/h2-9H,10-11H2,1H3,(H,19,21)(H,20,22). The highest BCUT2D eigenvalue weighted by atomic mass is 79.9. The fourth-order valence-corrected chi connectivity index (χ4v) is 2.08. The van der Waals surface area contributed by atoms with Gasteiger partial charge in [0.05, 0.1) is 0 Å². The van der Waals surface area contributed by atoms with E-state index in [2.05, 4.69) is 26.6 Å². The lowest BCUT2D eigenvalue weighted by molar-refractivity contribution is -0.119. The molecule has 120 valence electrons. The van der Waals surface area contributed by atoms with Gasteiger partial charge in [-0.2, -0.15) is 0 Å². The Hall–Kier alpha value is -2.34. The van der Waals surface area contributed by atoms with E-state index in [1.54, 1.807) is 24.3 Å². The third-order valence-corrected chi connectivity index (χ3v) is 3.44. The van der Waals surface area contributed by atoms with Crippen LogP contribution in [0, 0.1) is 0 Å². The zero-order valence-electron chi connectivity index (χ0n) is 12.6. The minimum absolute atomic E-state index is 0.146. The zero-order chi connectivity index (χ0) is 16.7. The van der Waals surface area contributed by atoms with E-state index < -0.39 is 0 Å². The summed E-state index contributed by atoms with van der Waals surface area (Å²) < 4.78 is 6.69. The number of carbonyl (C=O) groups is 2. The van der Waals surface area contributed by atoms with Crippen LogP contribution in [0.15, 0.2) is 53.0 Å². The minimum atomic E-state index is -0.152. The Morgan fingerprint density at radius 3 is 2.13 bits per heavy atom. The van der Waals surface area contributed by atoms with Crippen LogP contribution in [0.3, 0.4) is 0 Å². The van der Waals surface area contributed by atoms with Crippen molar-refractivity contribution in [3.63, 3.8) is 0 Å². The summed E-state index contributed by atoms with van der Waals surface area (Å²) in [6, 6.07) is 14.6. The molecular formula is C17H17BrN2O3. The van der Waals surface area contributed by atoms with Gasteiger partial charge in [-0.05, 0) is 48.5 Å². The number of hydrogen-bond acceptors (Lipinski definition) is 3. The summed E-state index contributed by atoms with van der Waals surface area (Å²) >= 11 is 3.37. The highest BCUT2D eigenvalue weighted by molar-refractivity contribution is 9.10. The van der Waals surface area contributed by atoms with Gasteiger partial charge in [0.2, 0.25) is 11.8 Å². The molecule has 0 saturated heterocycles. The van der Waals surface area contributed by atoms with Crippen molar-refractivity contribution in [1.82, 2.24) is 5.32 Å². The van der Waals surface area contributed by atoms with Gasteiger partial charge in [-0.3, -0.25) is 9.59 Å². The SMILES string of the molecule is CC(=O)NCCC(=O)Nc1ccc(Oc2ccc(Br)cc2)cc1. The first-order valence-electron chi connectivity index (χ1n) is 7.11. The Balaban J connectivity index is 1.85. The lowest BCUT2D eigenvalue weighted by Crippen LogP contribution is -2.25. The number of halogens is 1. The molecule has 0 heterocycles. The van der Waals surface area contributed by atoms with E-state index in [0.29, 0.717) is 18.0 Å². The normalized spacial score (nSPS) is 10.0. The molecule has 23 heavy (non-hydrogen) atoms. The number of amides is 2. The van der Waals surface area contributed by atoms with Crippen molar-refractivity contribution in [2.24, 2.45) is 0 Å². The van der Waals surface area contributed by atoms with Crippen LogP contribution in [-0.4, -0.2) is 18.4 Å². The van der Waals surface area contributed by atoms with Gasteiger partial charge in [0.25, 0.3) is 0 Å². The predicted molar refractivity (Wildman–Crippen MR) is 92.6 cm³/mol. The highest BCUT2D eigenvalue weighted by Gasteiger charge is 2.03. The number of carbonyl (C=O) groups excluding carboxylic acids is 2. The first kappa shape index (κ1) is 17.0. The molecule has 0 unspecified atom stereocenters. The first-order chi connectivity index (χ1) is 11.0. The second-order valence-electron chi connectivity index (χ2n) is 4.86. The maximum atomic E-state index is 11.7. The number of ether oxygens (including phenoxy) is 1. The monoisotopic (exact) mass is 376 g/mol. The second-order valence-corrected chi connectivity index (χ2v) is 5.78. The third-order valence-electron chi connectivity index (χ3n) is 2.91. The average Bonchev–Trinajstić information content (AvgIpc) is 2.51. The van der Waals surface area contributed by atoms with Crippen LogP contribution < -0.4 is 15.4 Å². The molecule has 0 atom stereocenters. The summed E-state index contributed by atoms with van der Waals surface area (Å²) in [5, 5.41) is 5.34. The van der Waals surface area contributed by atoms with Crippen LogP contribution in [0.2, 0.25) is 0 Å². The van der Waals surface area contributed by atoms with Gasteiger partial charge >= 0.3 is 0 Å². The van der Waals surface area contributed by atoms with Crippen LogP contribution >= 0.6 is 15.9 Å². The molecule has 6 heteroatoms. The van der Waals surface area contributed by atoms with Gasteiger partial charge in [0.1, 0.15) is 11.5 Å². The summed E-state index contributed by atoms with van der Waals surface area (Å²) in [4.78, 5) is 22.4. The van der Waals surface area contributed by atoms with E-state index in [4.69, 9.17) is 4.74 Å². The molecule has 2 amide bonds. The molecule has 2 aromatic rings. The minimum Gasteiger partial charge on any atom is -0.457 e. The van der Waals surface area contributed by atoms with Gasteiger partial charge in [-0.25, -0.2) is 0 Å². The first-order valence-corrected chi connectivity index (χ1v) is 7.90. The zero-order valence-corrected chi connectivity index (χ0v) is 14.2. The summed E-state index contributed by atoms with van der Waals surface area (Å²) in [6.07, 6.45) is 0.233. The largest absolute Gasteiger partial charge is 0.457 e. The van der Waals surface area contributed by atoms with Crippen molar-refractivity contribution in [2.75, 3.05) is 11.9 Å². The van der Waals surface area contributed by atoms with E-state index >= 15 is 0 Å². The van der Waals surface area contributed by atoms with E-state index in [0.717, 1.165) is 10.2 Å². The Kier molecular flexibility index (Phi) is 6.17. The molecule has 0 saturated carbocycles. The fourth-order valence-electron chi connectivity index (χ4n) is 1.82. The van der Waals surface area contributed by atoms with E-state index in [-0.39, 0.29) is 18.2 Å². The molecule has 0 aliphatic carbocycles. The number of nitrogens with one attached hydrogen (secondary N) is 2. The van der Waals surface area contributed by atoms with E-state index in [1.165, 1.54) is 6.92 Å². The Labute approximate surface area is 143 Å². The molecule has 0 fully saturated rings. The van der Waals surface area contributed by atoms with Crippen LogP contribution in [-0.2, 0) is 9.59 Å².